The molecule has 0 aliphatic rings. The highest BCUT2D eigenvalue weighted by molar-refractivity contribution is 6.33. The fraction of sp³-hybridized carbons (Fsp3) is 0. The molecule has 7 heteroatoms. The highest BCUT2D eigenvalue weighted by atomic mass is 35.5. The number of benzene rings is 2. The zero-order chi connectivity index (χ0) is 18.8. The molecule has 4 rings (SSSR count). The quantitative estimate of drug-likeness (QED) is 0.530. The van der Waals surface area contributed by atoms with Gasteiger partial charge >= 0.3 is 0 Å². The first kappa shape index (κ1) is 17.1. The van der Waals surface area contributed by atoms with Crippen LogP contribution < -0.4 is 5.32 Å². The highest BCUT2D eigenvalue weighted by Crippen LogP contribution is 2.25. The second-order valence-corrected chi connectivity index (χ2v) is 6.12. The summed E-state index contributed by atoms with van der Waals surface area (Å²) in [6.45, 7) is 0. The van der Waals surface area contributed by atoms with Crippen molar-refractivity contribution in [3.05, 3.63) is 89.5 Å². The Kier molecular flexibility index (Phi) is 4.48. The van der Waals surface area contributed by atoms with Crippen molar-refractivity contribution in [2.75, 3.05) is 5.32 Å². The third-order valence-corrected chi connectivity index (χ3v) is 4.21. The number of hydrogen-bond acceptors (Lipinski definition) is 3. The third-order valence-electron chi connectivity index (χ3n) is 3.90. The maximum absolute atomic E-state index is 13.2. The van der Waals surface area contributed by atoms with Crippen LogP contribution in [0.5, 0.6) is 0 Å². The maximum atomic E-state index is 13.2. The number of anilines is 1. The van der Waals surface area contributed by atoms with Crippen LogP contribution in [-0.4, -0.2) is 15.7 Å². The predicted octanol–water partition coefficient (Wildman–Crippen LogP) is 5.18. The van der Waals surface area contributed by atoms with E-state index in [0.717, 1.165) is 6.07 Å². The summed E-state index contributed by atoms with van der Waals surface area (Å²) in [6.07, 6.45) is 1.54. The van der Waals surface area contributed by atoms with E-state index in [1.54, 1.807) is 18.2 Å². The van der Waals surface area contributed by atoms with Gasteiger partial charge in [-0.05, 0) is 42.5 Å². The SMILES string of the molecule is O=C(Nc1ccc(F)cc1Cl)c1cc(-c2ccco2)nn1-c1ccccc1. The van der Waals surface area contributed by atoms with Crippen LogP contribution in [0.3, 0.4) is 0 Å². The van der Waals surface area contributed by atoms with Gasteiger partial charge in [-0.1, -0.05) is 29.8 Å². The molecular formula is C20H13ClFN3O2. The van der Waals surface area contributed by atoms with Gasteiger partial charge in [-0.2, -0.15) is 5.10 Å². The van der Waals surface area contributed by atoms with E-state index in [2.05, 4.69) is 10.4 Å². The molecule has 0 saturated heterocycles. The number of rotatable bonds is 4. The number of hydrogen-bond donors (Lipinski definition) is 1. The number of furan rings is 1. The molecule has 0 spiro atoms. The molecule has 4 aromatic rings. The van der Waals surface area contributed by atoms with Gasteiger partial charge in [0.15, 0.2) is 5.76 Å². The Labute approximate surface area is 159 Å². The van der Waals surface area contributed by atoms with E-state index in [1.165, 1.54) is 23.1 Å². The first-order chi connectivity index (χ1) is 13.1. The lowest BCUT2D eigenvalue weighted by molar-refractivity contribution is 0.101. The minimum Gasteiger partial charge on any atom is -0.463 e. The van der Waals surface area contributed by atoms with Crippen LogP contribution in [0.4, 0.5) is 10.1 Å². The lowest BCUT2D eigenvalue weighted by Crippen LogP contribution is -2.17. The van der Waals surface area contributed by atoms with E-state index >= 15 is 0 Å². The van der Waals surface area contributed by atoms with Gasteiger partial charge in [0.05, 0.1) is 22.7 Å². The Morgan fingerprint density at radius 2 is 1.89 bits per heavy atom. The number of amides is 1. The number of carbonyl (C=O) groups is 1. The average Bonchev–Trinajstić information content (AvgIpc) is 3.34. The van der Waals surface area contributed by atoms with Crippen molar-refractivity contribution in [2.24, 2.45) is 0 Å². The highest BCUT2D eigenvalue weighted by Gasteiger charge is 2.19. The van der Waals surface area contributed by atoms with Crippen molar-refractivity contribution >= 4 is 23.2 Å². The van der Waals surface area contributed by atoms with Crippen LogP contribution in [0.1, 0.15) is 10.5 Å². The van der Waals surface area contributed by atoms with Crippen LogP contribution >= 0.6 is 11.6 Å². The van der Waals surface area contributed by atoms with Crippen LogP contribution in [0.2, 0.25) is 5.02 Å². The summed E-state index contributed by atoms with van der Waals surface area (Å²) in [4.78, 5) is 12.9. The van der Waals surface area contributed by atoms with E-state index in [0.29, 0.717) is 22.8 Å². The molecule has 2 heterocycles. The predicted molar refractivity (Wildman–Crippen MR) is 101 cm³/mol. The van der Waals surface area contributed by atoms with Crippen LogP contribution in [0.25, 0.3) is 17.1 Å². The summed E-state index contributed by atoms with van der Waals surface area (Å²) in [5, 5.41) is 7.30. The topological polar surface area (TPSA) is 60.1 Å². The minimum atomic E-state index is -0.479. The molecule has 27 heavy (non-hydrogen) atoms. The Bertz CT molecular complexity index is 1090. The van der Waals surface area contributed by atoms with Gasteiger partial charge in [0.2, 0.25) is 0 Å². The molecule has 1 N–H and O–H groups in total. The van der Waals surface area contributed by atoms with Crippen molar-refractivity contribution in [2.45, 2.75) is 0 Å². The van der Waals surface area contributed by atoms with Crippen molar-refractivity contribution in [1.82, 2.24) is 9.78 Å². The lowest BCUT2D eigenvalue weighted by atomic mass is 10.2. The molecule has 0 unspecified atom stereocenters. The average molecular weight is 382 g/mol. The molecule has 0 radical (unpaired) electrons. The second kappa shape index (κ2) is 7.09. The van der Waals surface area contributed by atoms with Crippen LogP contribution in [0.15, 0.2) is 77.4 Å². The van der Waals surface area contributed by atoms with Gasteiger partial charge in [-0.25, -0.2) is 9.07 Å². The van der Waals surface area contributed by atoms with Crippen LogP contribution in [-0.2, 0) is 0 Å². The normalized spacial score (nSPS) is 10.7. The molecule has 2 aromatic carbocycles. The number of carbonyl (C=O) groups excluding carboxylic acids is 1. The zero-order valence-corrected chi connectivity index (χ0v) is 14.7. The molecule has 0 atom stereocenters. The molecule has 5 nitrogen and oxygen atoms in total. The standard InChI is InChI=1S/C20H13ClFN3O2/c21-15-11-13(22)8-9-16(15)23-20(26)18-12-17(19-7-4-10-27-19)24-25(18)14-5-2-1-3-6-14/h1-12H,(H,23,26). The number of para-hydroxylation sites is 1. The molecule has 134 valence electrons. The van der Waals surface area contributed by atoms with E-state index in [9.17, 15) is 9.18 Å². The molecule has 0 bridgehead atoms. The summed E-state index contributed by atoms with van der Waals surface area (Å²) < 4.78 is 20.1. The minimum absolute atomic E-state index is 0.111. The monoisotopic (exact) mass is 381 g/mol. The van der Waals surface area contributed by atoms with Gasteiger partial charge in [-0.15, -0.1) is 0 Å². The molecule has 2 aromatic heterocycles. The van der Waals surface area contributed by atoms with E-state index in [1.807, 2.05) is 30.3 Å². The molecule has 0 saturated carbocycles. The van der Waals surface area contributed by atoms with Crippen molar-refractivity contribution in [3.63, 3.8) is 0 Å². The van der Waals surface area contributed by atoms with Gasteiger partial charge in [0.25, 0.3) is 5.91 Å². The van der Waals surface area contributed by atoms with Crippen LogP contribution in [0, 0.1) is 5.82 Å². The second-order valence-electron chi connectivity index (χ2n) is 5.72. The molecule has 1 amide bonds. The van der Waals surface area contributed by atoms with E-state index in [4.69, 9.17) is 16.0 Å². The Hall–Kier alpha value is -3.38. The lowest BCUT2D eigenvalue weighted by Gasteiger charge is -2.09. The van der Waals surface area contributed by atoms with Crippen molar-refractivity contribution < 1.29 is 13.6 Å². The van der Waals surface area contributed by atoms with Gasteiger partial charge in [0.1, 0.15) is 17.2 Å². The number of halogens is 2. The number of nitrogens with one attached hydrogen (secondary N) is 1. The fourth-order valence-electron chi connectivity index (χ4n) is 2.63. The third kappa shape index (κ3) is 3.47. The van der Waals surface area contributed by atoms with Crippen molar-refractivity contribution in [1.29, 1.82) is 0 Å². The first-order valence-electron chi connectivity index (χ1n) is 8.07. The Morgan fingerprint density at radius 1 is 1.07 bits per heavy atom. The first-order valence-corrected chi connectivity index (χ1v) is 8.45. The molecular weight excluding hydrogens is 369 g/mol. The molecule has 0 aliphatic heterocycles. The molecule has 0 aliphatic carbocycles. The Balaban J connectivity index is 1.75. The molecule has 0 fully saturated rings. The summed E-state index contributed by atoms with van der Waals surface area (Å²) >= 11 is 6.01. The summed E-state index contributed by atoms with van der Waals surface area (Å²) in [7, 11) is 0. The fourth-order valence-corrected chi connectivity index (χ4v) is 2.85. The van der Waals surface area contributed by atoms with Crippen molar-refractivity contribution in [3.8, 4) is 17.1 Å². The van der Waals surface area contributed by atoms with Gasteiger partial charge < -0.3 is 9.73 Å². The summed E-state index contributed by atoms with van der Waals surface area (Å²) in [5.74, 6) is -0.372. The summed E-state index contributed by atoms with van der Waals surface area (Å²) in [6, 6.07) is 18.1. The van der Waals surface area contributed by atoms with E-state index in [-0.39, 0.29) is 10.7 Å². The number of aromatic nitrogens is 2. The Morgan fingerprint density at radius 3 is 2.59 bits per heavy atom. The van der Waals surface area contributed by atoms with Gasteiger partial charge in [-0.3, -0.25) is 4.79 Å². The maximum Gasteiger partial charge on any atom is 0.274 e. The zero-order valence-electron chi connectivity index (χ0n) is 13.9. The smallest absolute Gasteiger partial charge is 0.274 e. The van der Waals surface area contributed by atoms with Gasteiger partial charge in [0, 0.05) is 6.07 Å². The number of nitrogens with zero attached hydrogens (tertiary/aromatic N) is 2. The largest absolute Gasteiger partial charge is 0.463 e. The summed E-state index contributed by atoms with van der Waals surface area (Å²) in [5.41, 5.74) is 1.82. The van der Waals surface area contributed by atoms with E-state index < -0.39 is 11.7 Å².